The quantitative estimate of drug-likeness (QED) is 0.783. The van der Waals surface area contributed by atoms with E-state index in [2.05, 4.69) is 23.4 Å². The highest BCUT2D eigenvalue weighted by Crippen LogP contribution is 2.24. The molecule has 112 valence electrons. The number of carboxylic acids is 1. The number of aliphatic carboxylic acids is 1. The van der Waals surface area contributed by atoms with Crippen LogP contribution in [0.2, 0.25) is 0 Å². The molecule has 1 aromatic rings. The first-order valence-corrected chi connectivity index (χ1v) is 7.53. The van der Waals surface area contributed by atoms with Gasteiger partial charge in [-0.2, -0.15) is 5.10 Å². The molecule has 1 saturated carbocycles. The Morgan fingerprint density at radius 2 is 2.30 bits per heavy atom. The maximum Gasteiger partial charge on any atom is 0.306 e. The summed E-state index contributed by atoms with van der Waals surface area (Å²) in [6.07, 6.45) is 4.75. The van der Waals surface area contributed by atoms with E-state index in [0.29, 0.717) is 6.04 Å². The van der Waals surface area contributed by atoms with Crippen LogP contribution >= 0.6 is 0 Å². The molecule has 1 aromatic heterocycles. The molecule has 1 fully saturated rings. The van der Waals surface area contributed by atoms with Crippen LogP contribution in [-0.4, -0.2) is 33.4 Å². The number of carbonyl (C=O) groups is 1. The third-order valence-corrected chi connectivity index (χ3v) is 4.11. The molecular weight excluding hydrogens is 254 g/mol. The predicted molar refractivity (Wildman–Crippen MR) is 77.7 cm³/mol. The summed E-state index contributed by atoms with van der Waals surface area (Å²) in [5.74, 6) is -0.795. The van der Waals surface area contributed by atoms with Crippen molar-refractivity contribution in [3.05, 3.63) is 17.5 Å². The Hall–Kier alpha value is -1.36. The monoisotopic (exact) mass is 279 g/mol. The maximum absolute atomic E-state index is 11.0. The summed E-state index contributed by atoms with van der Waals surface area (Å²) < 4.78 is 2.04. The zero-order valence-corrected chi connectivity index (χ0v) is 12.4. The molecule has 5 nitrogen and oxygen atoms in total. The SMILES string of the molecule is Cc1cc(C)n(CCCNC2CCCC(C(=O)O)C2)n1. The lowest BCUT2D eigenvalue weighted by Gasteiger charge is -2.27. The van der Waals surface area contributed by atoms with Crippen molar-refractivity contribution >= 4 is 5.97 Å². The molecule has 0 radical (unpaired) electrons. The van der Waals surface area contributed by atoms with Gasteiger partial charge < -0.3 is 10.4 Å². The molecule has 2 unspecified atom stereocenters. The summed E-state index contributed by atoms with van der Waals surface area (Å²) >= 11 is 0. The normalized spacial score (nSPS) is 22.9. The molecule has 0 bridgehead atoms. The molecule has 0 amide bonds. The average molecular weight is 279 g/mol. The van der Waals surface area contributed by atoms with Gasteiger partial charge in [0.2, 0.25) is 0 Å². The highest BCUT2D eigenvalue weighted by Gasteiger charge is 2.26. The summed E-state index contributed by atoms with van der Waals surface area (Å²) in [4.78, 5) is 11.0. The molecule has 5 heteroatoms. The number of carboxylic acid groups (broad SMARTS) is 1. The second kappa shape index (κ2) is 6.88. The van der Waals surface area contributed by atoms with Gasteiger partial charge in [-0.1, -0.05) is 6.42 Å². The van der Waals surface area contributed by atoms with E-state index >= 15 is 0 Å². The van der Waals surface area contributed by atoms with E-state index in [1.807, 2.05) is 11.6 Å². The van der Waals surface area contributed by atoms with E-state index in [9.17, 15) is 4.79 Å². The van der Waals surface area contributed by atoms with Crippen LogP contribution in [0.1, 0.15) is 43.5 Å². The number of hydrogen-bond acceptors (Lipinski definition) is 3. The van der Waals surface area contributed by atoms with Crippen molar-refractivity contribution in [3.8, 4) is 0 Å². The fourth-order valence-electron chi connectivity index (χ4n) is 3.04. The molecule has 1 aliphatic carbocycles. The van der Waals surface area contributed by atoms with Crippen LogP contribution in [-0.2, 0) is 11.3 Å². The van der Waals surface area contributed by atoms with E-state index in [-0.39, 0.29) is 5.92 Å². The Balaban J connectivity index is 1.68. The minimum absolute atomic E-state index is 0.155. The standard InChI is InChI=1S/C15H25N3O2/c1-11-9-12(2)18(17-11)8-4-7-16-14-6-3-5-13(10-14)15(19)20/h9,13-14,16H,3-8,10H2,1-2H3,(H,19,20). The Morgan fingerprint density at radius 1 is 1.50 bits per heavy atom. The Morgan fingerprint density at radius 3 is 2.95 bits per heavy atom. The third-order valence-electron chi connectivity index (χ3n) is 4.11. The van der Waals surface area contributed by atoms with Gasteiger partial charge in [0.05, 0.1) is 11.6 Å². The van der Waals surface area contributed by atoms with Gasteiger partial charge in [0.25, 0.3) is 0 Å². The van der Waals surface area contributed by atoms with Crippen LogP contribution in [0, 0.1) is 19.8 Å². The van der Waals surface area contributed by atoms with Crippen molar-refractivity contribution in [3.63, 3.8) is 0 Å². The van der Waals surface area contributed by atoms with Crippen LogP contribution in [0.5, 0.6) is 0 Å². The topological polar surface area (TPSA) is 67.2 Å². The smallest absolute Gasteiger partial charge is 0.306 e. The molecule has 20 heavy (non-hydrogen) atoms. The van der Waals surface area contributed by atoms with Crippen LogP contribution < -0.4 is 5.32 Å². The van der Waals surface area contributed by atoms with Gasteiger partial charge in [-0.3, -0.25) is 9.48 Å². The molecule has 2 N–H and O–H groups in total. The fourth-order valence-corrected chi connectivity index (χ4v) is 3.04. The Labute approximate surface area is 120 Å². The number of nitrogens with zero attached hydrogens (tertiary/aromatic N) is 2. The van der Waals surface area contributed by atoms with E-state index < -0.39 is 5.97 Å². The van der Waals surface area contributed by atoms with Crippen molar-refractivity contribution in [2.45, 2.75) is 58.5 Å². The molecule has 0 aliphatic heterocycles. The van der Waals surface area contributed by atoms with Gasteiger partial charge in [0.1, 0.15) is 0 Å². The van der Waals surface area contributed by atoms with Crippen molar-refractivity contribution in [2.24, 2.45) is 5.92 Å². The largest absolute Gasteiger partial charge is 0.481 e. The first-order valence-electron chi connectivity index (χ1n) is 7.53. The molecule has 0 aromatic carbocycles. The van der Waals surface area contributed by atoms with Crippen LogP contribution in [0.3, 0.4) is 0 Å². The van der Waals surface area contributed by atoms with Crippen LogP contribution in [0.4, 0.5) is 0 Å². The van der Waals surface area contributed by atoms with Crippen LogP contribution in [0.25, 0.3) is 0 Å². The summed E-state index contributed by atoms with van der Waals surface area (Å²) in [7, 11) is 0. The maximum atomic E-state index is 11.0. The molecule has 2 atom stereocenters. The lowest BCUT2D eigenvalue weighted by Crippen LogP contribution is -2.37. The lowest BCUT2D eigenvalue weighted by molar-refractivity contribution is -0.143. The molecule has 0 spiro atoms. The first kappa shape index (κ1) is 15.0. The Kier molecular flexibility index (Phi) is 5.17. The summed E-state index contributed by atoms with van der Waals surface area (Å²) in [6.45, 7) is 5.93. The molecule has 1 heterocycles. The number of aryl methyl sites for hydroxylation is 3. The van der Waals surface area contributed by atoms with E-state index in [4.69, 9.17) is 5.11 Å². The number of nitrogens with one attached hydrogen (secondary N) is 1. The van der Waals surface area contributed by atoms with Gasteiger partial charge in [0, 0.05) is 18.3 Å². The van der Waals surface area contributed by atoms with Crippen molar-refractivity contribution < 1.29 is 9.90 Å². The highest BCUT2D eigenvalue weighted by molar-refractivity contribution is 5.70. The van der Waals surface area contributed by atoms with E-state index in [1.54, 1.807) is 0 Å². The van der Waals surface area contributed by atoms with Gasteiger partial charge >= 0.3 is 5.97 Å². The number of rotatable bonds is 6. The average Bonchev–Trinajstić information content (AvgIpc) is 2.73. The molecular formula is C15H25N3O2. The summed E-state index contributed by atoms with van der Waals surface area (Å²) in [5, 5.41) is 17.0. The second-order valence-corrected chi connectivity index (χ2v) is 5.86. The minimum Gasteiger partial charge on any atom is -0.481 e. The minimum atomic E-state index is -0.640. The van der Waals surface area contributed by atoms with Crippen molar-refractivity contribution in [1.29, 1.82) is 0 Å². The molecule has 1 aliphatic rings. The van der Waals surface area contributed by atoms with Crippen molar-refractivity contribution in [1.82, 2.24) is 15.1 Å². The third kappa shape index (κ3) is 4.07. The predicted octanol–water partition coefficient (Wildman–Crippen LogP) is 2.12. The van der Waals surface area contributed by atoms with Gasteiger partial charge in [-0.15, -0.1) is 0 Å². The van der Waals surface area contributed by atoms with Gasteiger partial charge in [0.15, 0.2) is 0 Å². The summed E-state index contributed by atoms with van der Waals surface area (Å²) in [6, 6.07) is 2.46. The zero-order valence-electron chi connectivity index (χ0n) is 12.4. The van der Waals surface area contributed by atoms with E-state index in [0.717, 1.165) is 50.9 Å². The Bertz CT molecular complexity index is 456. The van der Waals surface area contributed by atoms with Gasteiger partial charge in [-0.05, 0) is 52.1 Å². The van der Waals surface area contributed by atoms with E-state index in [1.165, 1.54) is 5.69 Å². The zero-order chi connectivity index (χ0) is 14.5. The highest BCUT2D eigenvalue weighted by atomic mass is 16.4. The molecule has 2 rings (SSSR count). The fraction of sp³-hybridized carbons (Fsp3) is 0.733. The van der Waals surface area contributed by atoms with Crippen LogP contribution in [0.15, 0.2) is 6.07 Å². The van der Waals surface area contributed by atoms with Crippen molar-refractivity contribution in [2.75, 3.05) is 6.54 Å². The van der Waals surface area contributed by atoms with Gasteiger partial charge in [-0.25, -0.2) is 0 Å². The second-order valence-electron chi connectivity index (χ2n) is 5.86. The molecule has 0 saturated heterocycles. The number of hydrogen-bond donors (Lipinski definition) is 2. The lowest BCUT2D eigenvalue weighted by atomic mass is 9.86. The number of aromatic nitrogens is 2. The summed E-state index contributed by atoms with van der Waals surface area (Å²) in [5.41, 5.74) is 2.26. The first-order chi connectivity index (χ1) is 9.56.